The molecule has 2 amide bonds. The van der Waals surface area contributed by atoms with Crippen molar-refractivity contribution in [2.75, 3.05) is 39.8 Å². The molecular weight excluding hydrogens is 473 g/mol. The van der Waals surface area contributed by atoms with Gasteiger partial charge in [0.25, 0.3) is 5.91 Å². The third-order valence-corrected chi connectivity index (χ3v) is 4.73. The lowest BCUT2D eigenvalue weighted by Gasteiger charge is -2.26. The molecule has 2 saturated heterocycles. The van der Waals surface area contributed by atoms with E-state index in [9.17, 15) is 9.59 Å². The van der Waals surface area contributed by atoms with Crippen molar-refractivity contribution >= 4 is 41.8 Å². The molecule has 0 aliphatic carbocycles. The molecule has 2 aliphatic heterocycles. The fourth-order valence-corrected chi connectivity index (χ4v) is 3.18. The monoisotopic (exact) mass is 501 g/mol. The van der Waals surface area contributed by atoms with Crippen molar-refractivity contribution in [3.8, 4) is 0 Å². The zero-order valence-corrected chi connectivity index (χ0v) is 18.4. The highest BCUT2D eigenvalue weighted by Crippen LogP contribution is 2.11. The number of ether oxygens (including phenoxy) is 1. The Morgan fingerprint density at radius 1 is 1.32 bits per heavy atom. The smallest absolute Gasteiger partial charge is 0.254 e. The van der Waals surface area contributed by atoms with Gasteiger partial charge in [0.15, 0.2) is 5.96 Å². The summed E-state index contributed by atoms with van der Waals surface area (Å²) in [7, 11) is 1.74. The first-order chi connectivity index (χ1) is 13.2. The van der Waals surface area contributed by atoms with Crippen LogP contribution < -0.4 is 16.0 Å². The first-order valence-electron chi connectivity index (χ1n) is 9.37. The molecule has 1 unspecified atom stereocenters. The van der Waals surface area contributed by atoms with Crippen molar-refractivity contribution in [1.82, 2.24) is 20.9 Å². The number of piperazine rings is 1. The highest BCUT2D eigenvalue weighted by atomic mass is 127. The molecule has 28 heavy (non-hydrogen) atoms. The zero-order valence-electron chi connectivity index (χ0n) is 16.1. The van der Waals surface area contributed by atoms with Gasteiger partial charge in [0.05, 0.1) is 12.6 Å². The minimum atomic E-state index is -0.114. The van der Waals surface area contributed by atoms with Gasteiger partial charge in [0.2, 0.25) is 5.91 Å². The molecule has 2 heterocycles. The summed E-state index contributed by atoms with van der Waals surface area (Å²) >= 11 is 0. The van der Waals surface area contributed by atoms with Crippen LogP contribution in [0.25, 0.3) is 0 Å². The molecule has 0 radical (unpaired) electrons. The van der Waals surface area contributed by atoms with Crippen molar-refractivity contribution in [2.45, 2.75) is 25.5 Å². The van der Waals surface area contributed by atoms with Crippen molar-refractivity contribution in [1.29, 1.82) is 0 Å². The average molecular weight is 501 g/mol. The summed E-state index contributed by atoms with van der Waals surface area (Å²) in [6.07, 6.45) is 2.45. The van der Waals surface area contributed by atoms with Crippen LogP contribution in [0.3, 0.4) is 0 Å². The third-order valence-electron chi connectivity index (χ3n) is 4.73. The van der Waals surface area contributed by atoms with Gasteiger partial charge in [-0.2, -0.15) is 0 Å². The van der Waals surface area contributed by atoms with E-state index in [2.05, 4.69) is 20.9 Å². The summed E-state index contributed by atoms with van der Waals surface area (Å²) in [5.41, 5.74) is 1.64. The maximum Gasteiger partial charge on any atom is 0.254 e. The van der Waals surface area contributed by atoms with Crippen molar-refractivity contribution < 1.29 is 14.3 Å². The number of guanidine groups is 1. The summed E-state index contributed by atoms with van der Waals surface area (Å²) < 4.78 is 5.60. The Bertz CT molecular complexity index is 689. The lowest BCUT2D eigenvalue weighted by atomic mass is 10.1. The zero-order chi connectivity index (χ0) is 19.1. The van der Waals surface area contributed by atoms with E-state index in [1.54, 1.807) is 24.1 Å². The SMILES string of the molecule is CN=C(NCc1ccc(C(=O)N2CCNC(=O)C2)cc1)NCC1CCCO1.I. The average Bonchev–Trinajstić information content (AvgIpc) is 3.21. The van der Waals surface area contributed by atoms with Crippen LogP contribution in [0.2, 0.25) is 0 Å². The van der Waals surface area contributed by atoms with Gasteiger partial charge >= 0.3 is 0 Å². The molecule has 0 aromatic heterocycles. The third kappa shape index (κ3) is 6.33. The highest BCUT2D eigenvalue weighted by molar-refractivity contribution is 14.0. The van der Waals surface area contributed by atoms with E-state index >= 15 is 0 Å². The number of amides is 2. The van der Waals surface area contributed by atoms with E-state index in [-0.39, 0.29) is 48.4 Å². The number of benzene rings is 1. The van der Waals surface area contributed by atoms with Crippen LogP contribution in [0.1, 0.15) is 28.8 Å². The Hall–Kier alpha value is -1.88. The Kier molecular flexibility index (Phi) is 8.97. The van der Waals surface area contributed by atoms with Gasteiger partial charge in [-0.1, -0.05) is 12.1 Å². The summed E-state index contributed by atoms with van der Waals surface area (Å²) in [5, 5.41) is 9.26. The molecule has 8 nitrogen and oxygen atoms in total. The van der Waals surface area contributed by atoms with Crippen molar-refractivity contribution in [3.05, 3.63) is 35.4 Å². The second-order valence-electron chi connectivity index (χ2n) is 6.72. The number of halogens is 1. The van der Waals surface area contributed by atoms with Crippen LogP contribution in [0.4, 0.5) is 0 Å². The second-order valence-corrected chi connectivity index (χ2v) is 6.72. The van der Waals surface area contributed by atoms with Crippen LogP contribution in [0.15, 0.2) is 29.3 Å². The largest absolute Gasteiger partial charge is 0.376 e. The number of nitrogens with zero attached hydrogens (tertiary/aromatic N) is 2. The molecule has 2 fully saturated rings. The fourth-order valence-electron chi connectivity index (χ4n) is 3.18. The van der Waals surface area contributed by atoms with E-state index in [1.807, 2.05) is 12.1 Å². The number of carbonyl (C=O) groups is 2. The van der Waals surface area contributed by atoms with Crippen LogP contribution in [0, 0.1) is 0 Å². The quantitative estimate of drug-likeness (QED) is 0.314. The Morgan fingerprint density at radius 3 is 2.75 bits per heavy atom. The molecule has 1 aromatic carbocycles. The van der Waals surface area contributed by atoms with Gasteiger partial charge in [-0.15, -0.1) is 24.0 Å². The summed E-state index contributed by atoms with van der Waals surface area (Å²) in [6.45, 7) is 3.36. The molecule has 3 rings (SSSR count). The summed E-state index contributed by atoms with van der Waals surface area (Å²) in [4.78, 5) is 29.7. The predicted molar refractivity (Wildman–Crippen MR) is 118 cm³/mol. The van der Waals surface area contributed by atoms with Crippen molar-refractivity contribution in [2.24, 2.45) is 4.99 Å². The highest BCUT2D eigenvalue weighted by Gasteiger charge is 2.22. The molecule has 3 N–H and O–H groups in total. The maximum atomic E-state index is 12.5. The van der Waals surface area contributed by atoms with Crippen LogP contribution in [-0.2, 0) is 16.1 Å². The Balaban J connectivity index is 0.00000280. The van der Waals surface area contributed by atoms with E-state index in [1.165, 1.54) is 0 Å². The van der Waals surface area contributed by atoms with Crippen LogP contribution in [-0.4, -0.2) is 68.6 Å². The Labute approximate surface area is 182 Å². The molecule has 0 spiro atoms. The van der Waals surface area contributed by atoms with Crippen LogP contribution >= 0.6 is 24.0 Å². The molecule has 154 valence electrons. The molecule has 2 aliphatic rings. The molecule has 9 heteroatoms. The molecule has 1 aromatic rings. The van der Waals surface area contributed by atoms with Gasteiger partial charge < -0.3 is 25.6 Å². The predicted octanol–water partition coefficient (Wildman–Crippen LogP) is 0.721. The molecule has 1 atom stereocenters. The normalized spacial score (nSPS) is 19.6. The van der Waals surface area contributed by atoms with Gasteiger partial charge in [0, 0.05) is 45.4 Å². The number of rotatable bonds is 5. The number of aliphatic imine (C=N–C) groups is 1. The van der Waals surface area contributed by atoms with E-state index in [4.69, 9.17) is 4.74 Å². The molecule has 0 bridgehead atoms. The van der Waals surface area contributed by atoms with E-state index in [0.717, 1.165) is 37.5 Å². The summed E-state index contributed by atoms with van der Waals surface area (Å²) in [6, 6.07) is 7.43. The number of carbonyl (C=O) groups excluding carboxylic acids is 2. The van der Waals surface area contributed by atoms with Gasteiger partial charge in [-0.05, 0) is 30.5 Å². The van der Waals surface area contributed by atoms with Gasteiger partial charge in [-0.25, -0.2) is 0 Å². The Morgan fingerprint density at radius 2 is 2.11 bits per heavy atom. The van der Waals surface area contributed by atoms with Gasteiger partial charge in [-0.3, -0.25) is 14.6 Å². The lowest BCUT2D eigenvalue weighted by Crippen LogP contribution is -2.49. The standard InChI is InChI=1S/C19H27N5O3.HI/c1-20-19(23-12-16-3-2-10-27-16)22-11-14-4-6-15(7-5-14)18(26)24-9-8-21-17(25)13-24;/h4-7,16H,2-3,8-13H2,1H3,(H,21,25)(H2,20,22,23);1H. The number of hydrogen-bond acceptors (Lipinski definition) is 4. The molecule has 0 saturated carbocycles. The first-order valence-corrected chi connectivity index (χ1v) is 9.37. The molecular formula is C19H28IN5O3. The maximum absolute atomic E-state index is 12.5. The first kappa shape index (κ1) is 22.4. The van der Waals surface area contributed by atoms with Crippen molar-refractivity contribution in [3.63, 3.8) is 0 Å². The minimum Gasteiger partial charge on any atom is -0.376 e. The second kappa shape index (κ2) is 11.2. The van der Waals surface area contributed by atoms with Gasteiger partial charge in [0.1, 0.15) is 0 Å². The van der Waals surface area contributed by atoms with E-state index < -0.39 is 0 Å². The summed E-state index contributed by atoms with van der Waals surface area (Å²) in [5.74, 6) is 0.501. The minimum absolute atomic E-state index is 0. The fraction of sp³-hybridized carbons (Fsp3) is 0.526. The lowest BCUT2D eigenvalue weighted by molar-refractivity contribution is -0.123. The van der Waals surface area contributed by atoms with E-state index in [0.29, 0.717) is 25.2 Å². The number of nitrogens with one attached hydrogen (secondary N) is 3. The van der Waals surface area contributed by atoms with Crippen LogP contribution in [0.5, 0.6) is 0 Å². The number of hydrogen-bond donors (Lipinski definition) is 3. The topological polar surface area (TPSA) is 95.1 Å².